The maximum Gasteiger partial charge on any atom is 0.413 e. The van der Waals surface area contributed by atoms with Crippen LogP contribution in [0.2, 0.25) is 0 Å². The van der Waals surface area contributed by atoms with Gasteiger partial charge in [0.25, 0.3) is 0 Å². The lowest BCUT2D eigenvalue weighted by molar-refractivity contribution is -0.117. The van der Waals surface area contributed by atoms with E-state index >= 15 is 0 Å². The lowest BCUT2D eigenvalue weighted by Crippen LogP contribution is -2.36. The van der Waals surface area contributed by atoms with Gasteiger partial charge in [-0.1, -0.05) is 11.3 Å². The number of carbonyl (C=O) groups excluding carboxylic acids is 2. The molecule has 2 aromatic rings. The van der Waals surface area contributed by atoms with E-state index in [2.05, 4.69) is 20.4 Å². The highest BCUT2D eigenvalue weighted by Crippen LogP contribution is 2.30. The normalized spacial score (nSPS) is 13.4. The van der Waals surface area contributed by atoms with Gasteiger partial charge in [-0.25, -0.2) is 9.78 Å². The first-order valence-corrected chi connectivity index (χ1v) is 9.41. The summed E-state index contributed by atoms with van der Waals surface area (Å²) in [5.41, 5.74) is 1.54. The number of rotatable bonds is 6. The van der Waals surface area contributed by atoms with Crippen molar-refractivity contribution in [1.29, 1.82) is 0 Å². The summed E-state index contributed by atoms with van der Waals surface area (Å²) in [6.45, 7) is 1.55. The van der Waals surface area contributed by atoms with E-state index in [1.165, 1.54) is 18.4 Å². The summed E-state index contributed by atoms with van der Waals surface area (Å²) >= 11 is 1.39. The lowest BCUT2D eigenvalue weighted by Gasteiger charge is -2.25. The summed E-state index contributed by atoms with van der Waals surface area (Å²) in [5.74, 6) is 1.05. The van der Waals surface area contributed by atoms with Crippen LogP contribution in [-0.4, -0.2) is 56.3 Å². The van der Waals surface area contributed by atoms with Gasteiger partial charge in [-0.3, -0.25) is 15.0 Å². The number of ether oxygens (including phenoxy) is 3. The van der Waals surface area contributed by atoms with Gasteiger partial charge in [-0.2, -0.15) is 0 Å². The monoisotopic (exact) mass is 406 g/mol. The number of amides is 2. The average Bonchev–Trinajstić information content (AvgIpc) is 3.09. The van der Waals surface area contributed by atoms with E-state index in [0.29, 0.717) is 41.8 Å². The van der Waals surface area contributed by atoms with Crippen molar-refractivity contribution >= 4 is 34.2 Å². The molecular weight excluding hydrogens is 384 g/mol. The second-order valence-electron chi connectivity index (χ2n) is 6.08. The number of aromatic nitrogens is 1. The summed E-state index contributed by atoms with van der Waals surface area (Å²) in [6.07, 6.45) is 0.171. The number of hydrogen-bond donors (Lipinski definition) is 2. The molecule has 0 saturated carbocycles. The minimum absolute atomic E-state index is 0.135. The number of nitrogens with zero attached hydrogens (tertiary/aromatic N) is 2. The number of benzene rings is 1. The van der Waals surface area contributed by atoms with Crippen LogP contribution in [0.15, 0.2) is 18.2 Å². The predicted molar refractivity (Wildman–Crippen MR) is 105 cm³/mol. The first-order valence-electron chi connectivity index (χ1n) is 8.60. The van der Waals surface area contributed by atoms with E-state index < -0.39 is 6.09 Å². The molecule has 0 radical (unpaired) electrons. The lowest BCUT2D eigenvalue weighted by atomic mass is 10.2. The smallest absolute Gasteiger partial charge is 0.413 e. The Hall–Kier alpha value is -2.85. The molecule has 0 aliphatic carbocycles. The molecular formula is C18H22N4O5S. The zero-order valence-electron chi connectivity index (χ0n) is 15.9. The number of nitrogens with one attached hydrogen (secondary N) is 2. The molecule has 1 aliphatic heterocycles. The van der Waals surface area contributed by atoms with Gasteiger partial charge in [0, 0.05) is 30.5 Å². The molecule has 150 valence electrons. The van der Waals surface area contributed by atoms with Crippen molar-refractivity contribution in [2.75, 3.05) is 45.1 Å². The molecule has 1 aromatic carbocycles. The Morgan fingerprint density at radius 3 is 2.75 bits per heavy atom. The minimum Gasteiger partial charge on any atom is -0.497 e. The van der Waals surface area contributed by atoms with Gasteiger partial charge >= 0.3 is 6.09 Å². The van der Waals surface area contributed by atoms with Crippen LogP contribution in [0.5, 0.6) is 11.5 Å². The van der Waals surface area contributed by atoms with E-state index in [0.717, 1.165) is 10.6 Å². The van der Waals surface area contributed by atoms with E-state index in [1.807, 2.05) is 4.90 Å². The second-order valence-corrected chi connectivity index (χ2v) is 7.16. The third kappa shape index (κ3) is 4.70. The van der Waals surface area contributed by atoms with Gasteiger partial charge < -0.3 is 19.5 Å². The molecule has 0 saturated heterocycles. The SMILES string of the molecule is COC(=O)Nc1nc2c(s1)CN(CC(=O)Nc1ccc(OC)cc1OC)CC2. The van der Waals surface area contributed by atoms with Gasteiger partial charge in [-0.05, 0) is 12.1 Å². The van der Waals surface area contributed by atoms with Crippen LogP contribution >= 0.6 is 11.3 Å². The van der Waals surface area contributed by atoms with Crippen molar-refractivity contribution < 1.29 is 23.8 Å². The van der Waals surface area contributed by atoms with Crippen LogP contribution in [0.4, 0.5) is 15.6 Å². The largest absolute Gasteiger partial charge is 0.497 e. The van der Waals surface area contributed by atoms with E-state index in [9.17, 15) is 9.59 Å². The molecule has 28 heavy (non-hydrogen) atoms. The van der Waals surface area contributed by atoms with Crippen molar-refractivity contribution in [1.82, 2.24) is 9.88 Å². The number of fused-ring (bicyclic) bond motifs is 1. The van der Waals surface area contributed by atoms with E-state index in [4.69, 9.17) is 9.47 Å². The third-order valence-electron chi connectivity index (χ3n) is 4.25. The maximum absolute atomic E-state index is 12.5. The maximum atomic E-state index is 12.5. The first kappa shape index (κ1) is 19.9. The van der Waals surface area contributed by atoms with Gasteiger partial charge in [0.1, 0.15) is 11.5 Å². The van der Waals surface area contributed by atoms with Crippen molar-refractivity contribution in [3.63, 3.8) is 0 Å². The Morgan fingerprint density at radius 1 is 1.21 bits per heavy atom. The molecule has 0 spiro atoms. The summed E-state index contributed by atoms with van der Waals surface area (Å²) < 4.78 is 15.1. The standard InChI is InChI=1S/C18H22N4O5S/c1-25-11-4-5-12(14(8-11)26-2)19-16(23)10-22-7-6-13-15(9-22)28-17(20-13)21-18(24)27-3/h4-5,8H,6-7,9-10H2,1-3H3,(H,19,23)(H,20,21,24). The highest BCUT2D eigenvalue weighted by atomic mass is 32.1. The topological polar surface area (TPSA) is 102 Å². The van der Waals surface area contributed by atoms with Crippen LogP contribution < -0.4 is 20.1 Å². The molecule has 3 rings (SSSR count). The van der Waals surface area contributed by atoms with E-state index in [1.54, 1.807) is 32.4 Å². The number of anilines is 2. The van der Waals surface area contributed by atoms with Crippen LogP contribution in [0, 0.1) is 0 Å². The Bertz CT molecular complexity index is 870. The van der Waals surface area contributed by atoms with Crippen molar-refractivity contribution in [3.05, 3.63) is 28.8 Å². The molecule has 2 heterocycles. The van der Waals surface area contributed by atoms with Crippen molar-refractivity contribution in [2.24, 2.45) is 0 Å². The zero-order valence-corrected chi connectivity index (χ0v) is 16.7. The number of hydrogen-bond acceptors (Lipinski definition) is 8. The summed E-state index contributed by atoms with van der Waals surface area (Å²) in [6, 6.07) is 5.23. The quantitative estimate of drug-likeness (QED) is 0.759. The molecule has 1 aromatic heterocycles. The number of thiazole rings is 1. The zero-order chi connectivity index (χ0) is 20.1. The molecule has 2 amide bonds. The molecule has 9 nitrogen and oxygen atoms in total. The fourth-order valence-corrected chi connectivity index (χ4v) is 3.91. The highest BCUT2D eigenvalue weighted by Gasteiger charge is 2.23. The molecule has 10 heteroatoms. The fraction of sp³-hybridized carbons (Fsp3) is 0.389. The third-order valence-corrected chi connectivity index (χ3v) is 5.25. The minimum atomic E-state index is -0.546. The van der Waals surface area contributed by atoms with Gasteiger partial charge in [0.2, 0.25) is 5.91 Å². The van der Waals surface area contributed by atoms with Crippen LogP contribution in [0.25, 0.3) is 0 Å². The Labute approximate surface area is 166 Å². The van der Waals surface area contributed by atoms with Gasteiger partial charge in [0.15, 0.2) is 5.13 Å². The Kier molecular flexibility index (Phi) is 6.32. The van der Waals surface area contributed by atoms with Gasteiger partial charge in [-0.15, -0.1) is 0 Å². The van der Waals surface area contributed by atoms with Crippen molar-refractivity contribution in [3.8, 4) is 11.5 Å². The first-order chi connectivity index (χ1) is 13.5. The van der Waals surface area contributed by atoms with Crippen molar-refractivity contribution in [2.45, 2.75) is 13.0 Å². The summed E-state index contributed by atoms with van der Waals surface area (Å²) in [7, 11) is 4.42. The molecule has 0 bridgehead atoms. The van der Waals surface area contributed by atoms with Crippen LogP contribution in [0.1, 0.15) is 10.6 Å². The fourth-order valence-electron chi connectivity index (χ4n) is 2.87. The average molecular weight is 406 g/mol. The van der Waals surface area contributed by atoms with Crippen LogP contribution in [0.3, 0.4) is 0 Å². The molecule has 0 fully saturated rings. The number of carbonyl (C=O) groups is 2. The highest BCUT2D eigenvalue weighted by molar-refractivity contribution is 7.15. The Balaban J connectivity index is 1.59. The second kappa shape index (κ2) is 8.89. The van der Waals surface area contributed by atoms with E-state index in [-0.39, 0.29) is 12.5 Å². The van der Waals surface area contributed by atoms with Gasteiger partial charge in [0.05, 0.1) is 39.3 Å². The Morgan fingerprint density at radius 2 is 2.04 bits per heavy atom. The molecule has 1 aliphatic rings. The summed E-state index contributed by atoms with van der Waals surface area (Å²) in [5, 5.41) is 5.97. The molecule has 0 atom stereocenters. The number of methoxy groups -OCH3 is 3. The summed E-state index contributed by atoms with van der Waals surface area (Å²) in [4.78, 5) is 31.3. The molecule has 2 N–H and O–H groups in total. The molecule has 0 unspecified atom stereocenters. The predicted octanol–water partition coefficient (Wildman–Crippen LogP) is 2.34. The van der Waals surface area contributed by atoms with Crippen LogP contribution in [-0.2, 0) is 22.5 Å².